The molecule has 3 N–H and O–H groups in total. The van der Waals surface area contributed by atoms with Crippen molar-refractivity contribution in [2.24, 2.45) is 5.41 Å². The highest BCUT2D eigenvalue weighted by Gasteiger charge is 2.27. The Balaban J connectivity index is 1.52. The van der Waals surface area contributed by atoms with Gasteiger partial charge < -0.3 is 15.6 Å². The number of nitrogens with zero attached hydrogens (tertiary/aromatic N) is 1. The summed E-state index contributed by atoms with van der Waals surface area (Å²) < 4.78 is 1.88. The van der Waals surface area contributed by atoms with Gasteiger partial charge in [-0.05, 0) is 62.4 Å². The van der Waals surface area contributed by atoms with Crippen molar-refractivity contribution in [3.05, 3.63) is 34.2 Å². The monoisotopic (exact) mass is 356 g/mol. The highest BCUT2D eigenvalue weighted by molar-refractivity contribution is 5.97. The van der Waals surface area contributed by atoms with Crippen LogP contribution in [-0.4, -0.2) is 35.1 Å². The number of hydrogen-bond acceptors (Lipinski definition) is 3. The Hall–Kier alpha value is -2.08. The van der Waals surface area contributed by atoms with E-state index < -0.39 is 0 Å². The fourth-order valence-corrected chi connectivity index (χ4v) is 4.40. The highest BCUT2D eigenvalue weighted by Crippen LogP contribution is 2.31. The molecule has 0 atom stereocenters. The van der Waals surface area contributed by atoms with Crippen molar-refractivity contribution >= 4 is 16.9 Å². The van der Waals surface area contributed by atoms with Crippen LogP contribution in [0.3, 0.4) is 0 Å². The number of amides is 1. The minimum Gasteiger partial charge on any atom is -0.351 e. The van der Waals surface area contributed by atoms with Gasteiger partial charge in [-0.25, -0.2) is 4.79 Å². The molecule has 4 rings (SSSR count). The predicted molar refractivity (Wildman–Crippen MR) is 103 cm³/mol. The van der Waals surface area contributed by atoms with E-state index >= 15 is 0 Å². The van der Waals surface area contributed by atoms with Crippen molar-refractivity contribution in [3.8, 4) is 0 Å². The minimum absolute atomic E-state index is 0.0633. The molecular formula is C20H28N4O2. The van der Waals surface area contributed by atoms with Crippen LogP contribution >= 0.6 is 0 Å². The molecular weight excluding hydrogens is 328 g/mol. The first-order valence-electron chi connectivity index (χ1n) is 9.79. The van der Waals surface area contributed by atoms with E-state index in [0.29, 0.717) is 12.1 Å². The van der Waals surface area contributed by atoms with Crippen LogP contribution in [0.2, 0.25) is 0 Å². The normalized spacial score (nSPS) is 20.5. The van der Waals surface area contributed by atoms with Crippen molar-refractivity contribution in [2.45, 2.75) is 51.5 Å². The van der Waals surface area contributed by atoms with Gasteiger partial charge in [-0.3, -0.25) is 9.36 Å². The van der Waals surface area contributed by atoms with E-state index in [1.165, 1.54) is 12.8 Å². The molecule has 0 radical (unpaired) electrons. The van der Waals surface area contributed by atoms with Crippen molar-refractivity contribution in [1.29, 1.82) is 0 Å². The van der Waals surface area contributed by atoms with Crippen LogP contribution in [0, 0.1) is 5.41 Å². The number of hydrogen-bond donors (Lipinski definition) is 3. The maximum absolute atomic E-state index is 12.6. The highest BCUT2D eigenvalue weighted by atomic mass is 16.2. The number of rotatable bonds is 4. The Bertz CT molecular complexity index is 854. The summed E-state index contributed by atoms with van der Waals surface area (Å²) in [6.07, 6.45) is 6.62. The zero-order chi connectivity index (χ0) is 18.1. The lowest BCUT2D eigenvalue weighted by molar-refractivity contribution is 0.0922. The number of carbonyl (C=O) groups is 1. The Labute approximate surface area is 153 Å². The summed E-state index contributed by atoms with van der Waals surface area (Å²) >= 11 is 0. The number of fused-ring (bicyclic) bond motifs is 1. The van der Waals surface area contributed by atoms with E-state index in [-0.39, 0.29) is 23.1 Å². The van der Waals surface area contributed by atoms with Crippen LogP contribution < -0.4 is 16.3 Å². The van der Waals surface area contributed by atoms with Crippen LogP contribution in [0.5, 0.6) is 0 Å². The van der Waals surface area contributed by atoms with Gasteiger partial charge in [0, 0.05) is 18.2 Å². The predicted octanol–water partition coefficient (Wildman–Crippen LogP) is 2.56. The summed E-state index contributed by atoms with van der Waals surface area (Å²) in [6.45, 7) is 4.93. The molecule has 140 valence electrons. The number of nitrogens with one attached hydrogen (secondary N) is 3. The first-order chi connectivity index (χ1) is 12.6. The molecule has 2 aliphatic rings. The van der Waals surface area contributed by atoms with E-state index in [4.69, 9.17) is 0 Å². The van der Waals surface area contributed by atoms with Gasteiger partial charge in [-0.15, -0.1) is 0 Å². The Morgan fingerprint density at radius 2 is 2.00 bits per heavy atom. The smallest absolute Gasteiger partial charge is 0.326 e. The third kappa shape index (κ3) is 3.30. The first kappa shape index (κ1) is 17.3. The van der Waals surface area contributed by atoms with Crippen molar-refractivity contribution in [1.82, 2.24) is 20.2 Å². The fourth-order valence-electron chi connectivity index (χ4n) is 4.40. The molecule has 0 spiro atoms. The van der Waals surface area contributed by atoms with Crippen LogP contribution in [-0.2, 0) is 0 Å². The number of benzene rings is 1. The van der Waals surface area contributed by atoms with Crippen molar-refractivity contribution in [3.63, 3.8) is 0 Å². The number of piperidine rings is 1. The van der Waals surface area contributed by atoms with Gasteiger partial charge in [0.25, 0.3) is 5.91 Å². The molecule has 0 unspecified atom stereocenters. The SMILES string of the molecule is CC1(CNC(=O)c2ccc3c(c2)[nH]c(=O)n3C2CCCC2)CCNCC1. The summed E-state index contributed by atoms with van der Waals surface area (Å²) in [5, 5.41) is 6.45. The van der Waals surface area contributed by atoms with Crippen LogP contribution in [0.4, 0.5) is 0 Å². The Morgan fingerprint density at radius 3 is 2.73 bits per heavy atom. The number of aromatic nitrogens is 2. The molecule has 6 nitrogen and oxygen atoms in total. The first-order valence-corrected chi connectivity index (χ1v) is 9.79. The molecule has 2 heterocycles. The molecule has 6 heteroatoms. The lowest BCUT2D eigenvalue weighted by Crippen LogP contribution is -2.42. The lowest BCUT2D eigenvalue weighted by Gasteiger charge is -2.34. The van der Waals surface area contributed by atoms with Gasteiger partial charge >= 0.3 is 5.69 Å². The number of aromatic amines is 1. The summed E-state index contributed by atoms with van der Waals surface area (Å²) in [5.41, 5.74) is 2.36. The lowest BCUT2D eigenvalue weighted by atomic mass is 9.81. The third-order valence-corrected chi connectivity index (χ3v) is 6.15. The molecule has 1 aromatic carbocycles. The second-order valence-electron chi connectivity index (χ2n) is 8.21. The zero-order valence-corrected chi connectivity index (χ0v) is 15.4. The molecule has 2 aromatic rings. The molecule has 1 saturated heterocycles. The van der Waals surface area contributed by atoms with Gasteiger partial charge in [-0.1, -0.05) is 19.8 Å². The minimum atomic E-state index is -0.0684. The van der Waals surface area contributed by atoms with E-state index in [0.717, 1.165) is 49.8 Å². The van der Waals surface area contributed by atoms with Gasteiger partial charge in [0.15, 0.2) is 0 Å². The fraction of sp³-hybridized carbons (Fsp3) is 0.600. The zero-order valence-electron chi connectivity index (χ0n) is 15.4. The standard InChI is InChI=1S/C20H28N4O2/c1-20(8-10-21-11-9-20)13-22-18(25)14-6-7-17-16(12-14)23-19(26)24(17)15-4-2-3-5-15/h6-7,12,15,21H,2-5,8-11,13H2,1H3,(H,22,25)(H,23,26). The van der Waals surface area contributed by atoms with Crippen LogP contribution in [0.15, 0.2) is 23.0 Å². The quantitative estimate of drug-likeness (QED) is 0.788. The maximum atomic E-state index is 12.6. The van der Waals surface area contributed by atoms with Crippen molar-refractivity contribution in [2.75, 3.05) is 19.6 Å². The second-order valence-corrected chi connectivity index (χ2v) is 8.21. The molecule has 1 amide bonds. The van der Waals surface area contributed by atoms with E-state index in [1.54, 1.807) is 0 Å². The molecule has 26 heavy (non-hydrogen) atoms. The molecule has 2 fully saturated rings. The number of carbonyl (C=O) groups excluding carboxylic acids is 1. The topological polar surface area (TPSA) is 78.9 Å². The molecule has 0 bridgehead atoms. The molecule has 1 aromatic heterocycles. The Kier molecular flexibility index (Phi) is 4.61. The molecule has 1 aliphatic carbocycles. The van der Waals surface area contributed by atoms with Crippen molar-refractivity contribution < 1.29 is 4.79 Å². The second kappa shape index (κ2) is 6.91. The maximum Gasteiger partial charge on any atom is 0.326 e. The summed E-state index contributed by atoms with van der Waals surface area (Å²) in [4.78, 5) is 27.9. The van der Waals surface area contributed by atoms with Gasteiger partial charge in [-0.2, -0.15) is 0 Å². The average Bonchev–Trinajstić information content (AvgIpc) is 3.26. The third-order valence-electron chi connectivity index (χ3n) is 6.15. The van der Waals surface area contributed by atoms with Gasteiger partial charge in [0.05, 0.1) is 11.0 Å². The summed E-state index contributed by atoms with van der Waals surface area (Å²) in [5.74, 6) is -0.0684. The Morgan fingerprint density at radius 1 is 1.27 bits per heavy atom. The number of imidazole rings is 1. The van der Waals surface area contributed by atoms with E-state index in [9.17, 15) is 9.59 Å². The van der Waals surface area contributed by atoms with Gasteiger partial charge in [0.1, 0.15) is 0 Å². The number of H-pyrrole nitrogens is 1. The van der Waals surface area contributed by atoms with Crippen LogP contribution in [0.25, 0.3) is 11.0 Å². The largest absolute Gasteiger partial charge is 0.351 e. The van der Waals surface area contributed by atoms with E-state index in [2.05, 4.69) is 22.5 Å². The van der Waals surface area contributed by atoms with E-state index in [1.807, 2.05) is 22.8 Å². The summed E-state index contributed by atoms with van der Waals surface area (Å²) in [6, 6.07) is 5.84. The molecule has 1 saturated carbocycles. The summed E-state index contributed by atoms with van der Waals surface area (Å²) in [7, 11) is 0. The molecule has 1 aliphatic heterocycles. The average molecular weight is 356 g/mol. The van der Waals surface area contributed by atoms with Gasteiger partial charge in [0.2, 0.25) is 0 Å². The van der Waals surface area contributed by atoms with Crippen LogP contribution in [0.1, 0.15) is 61.8 Å².